The van der Waals surface area contributed by atoms with Crippen LogP contribution in [0, 0.1) is 46.6 Å². The number of halogens is 2. The molecule has 3 atom stereocenters. The average Bonchev–Trinajstić information content (AvgIpc) is 3.35. The van der Waals surface area contributed by atoms with Gasteiger partial charge in [0.2, 0.25) is 5.91 Å². The van der Waals surface area contributed by atoms with Crippen LogP contribution in [0.5, 0.6) is 0 Å². The minimum atomic E-state index is -0.659. The van der Waals surface area contributed by atoms with Crippen LogP contribution in [0.2, 0.25) is 0 Å². The number of nitrogens with zero attached hydrogens (tertiary/aromatic N) is 6. The highest BCUT2D eigenvalue weighted by Crippen LogP contribution is 2.53. The average molecular weight is 410 g/mol. The number of amides is 1. The molecule has 1 amide bonds. The van der Waals surface area contributed by atoms with Crippen molar-refractivity contribution in [1.82, 2.24) is 20.0 Å². The molecular formula is C21H20F2N6O. The molecule has 30 heavy (non-hydrogen) atoms. The summed E-state index contributed by atoms with van der Waals surface area (Å²) in [7, 11) is 0. The summed E-state index contributed by atoms with van der Waals surface area (Å²) < 4.78 is 29.1. The van der Waals surface area contributed by atoms with E-state index in [0.29, 0.717) is 36.8 Å². The van der Waals surface area contributed by atoms with Gasteiger partial charge in [0.1, 0.15) is 17.7 Å². The lowest BCUT2D eigenvalue weighted by atomic mass is 9.55. The highest BCUT2D eigenvalue weighted by atomic mass is 19.1. The Hall–Kier alpha value is -3.15. The Morgan fingerprint density at radius 1 is 1.17 bits per heavy atom. The first kappa shape index (κ1) is 18.9. The predicted molar refractivity (Wildman–Crippen MR) is 102 cm³/mol. The number of rotatable bonds is 4. The van der Waals surface area contributed by atoms with Gasteiger partial charge >= 0.3 is 0 Å². The molecule has 9 heteroatoms. The van der Waals surface area contributed by atoms with Gasteiger partial charge in [-0.25, -0.2) is 13.8 Å². The van der Waals surface area contributed by atoms with Gasteiger partial charge in [-0.2, -0.15) is 10.4 Å². The van der Waals surface area contributed by atoms with Crippen molar-refractivity contribution in [3.05, 3.63) is 47.3 Å². The van der Waals surface area contributed by atoms with Crippen molar-refractivity contribution in [3.8, 4) is 6.07 Å². The van der Waals surface area contributed by atoms with E-state index in [1.807, 2.05) is 6.07 Å². The van der Waals surface area contributed by atoms with Crippen LogP contribution in [0.4, 0.5) is 8.78 Å². The number of hydrazone groups is 1. The smallest absolute Gasteiger partial charge is 0.246 e. The second-order valence-electron chi connectivity index (χ2n) is 8.47. The Kier molecular flexibility index (Phi) is 4.57. The standard InChI is InChI=1S/C21H20F2N6O/c22-16-5-14(6-17(23)8-16)20-1-2-25-29(20)21(30)19-7-15(12-3-13(19)4-12)10-28-11-18(9-24)26-27-28/h2,5-6,8,11-13,15,19-20H,1,3-4,7,10H2/t12?,13?,15-,19-,20?/m0/s1. The molecule has 0 saturated heterocycles. The van der Waals surface area contributed by atoms with Gasteiger partial charge < -0.3 is 0 Å². The van der Waals surface area contributed by atoms with Gasteiger partial charge in [-0.1, -0.05) is 5.21 Å². The zero-order valence-electron chi connectivity index (χ0n) is 16.2. The highest BCUT2D eigenvalue weighted by molar-refractivity contribution is 5.82. The molecule has 6 rings (SSSR count). The zero-order chi connectivity index (χ0) is 20.8. The highest BCUT2D eigenvalue weighted by Gasteiger charge is 2.50. The minimum absolute atomic E-state index is 0.0807. The van der Waals surface area contributed by atoms with Crippen LogP contribution >= 0.6 is 0 Å². The molecule has 7 nitrogen and oxygen atoms in total. The molecule has 0 N–H and O–H groups in total. The third-order valence-corrected chi connectivity index (χ3v) is 6.72. The van der Waals surface area contributed by atoms with Crippen LogP contribution in [0.25, 0.3) is 0 Å². The fraction of sp³-hybridized carbons (Fsp3) is 0.476. The lowest BCUT2D eigenvalue weighted by molar-refractivity contribution is -0.147. The molecule has 1 aliphatic heterocycles. The van der Waals surface area contributed by atoms with Crippen LogP contribution in [-0.4, -0.2) is 32.1 Å². The molecule has 1 aromatic heterocycles. The summed E-state index contributed by atoms with van der Waals surface area (Å²) in [4.78, 5) is 13.4. The van der Waals surface area contributed by atoms with Crippen LogP contribution in [0.15, 0.2) is 29.5 Å². The summed E-state index contributed by atoms with van der Waals surface area (Å²) >= 11 is 0. The van der Waals surface area contributed by atoms with E-state index < -0.39 is 17.7 Å². The van der Waals surface area contributed by atoms with E-state index in [0.717, 1.165) is 18.9 Å². The fourth-order valence-corrected chi connectivity index (χ4v) is 5.18. The van der Waals surface area contributed by atoms with Crippen molar-refractivity contribution in [2.45, 2.75) is 38.3 Å². The van der Waals surface area contributed by atoms with Crippen molar-refractivity contribution < 1.29 is 13.6 Å². The molecule has 2 aromatic rings. The second-order valence-corrected chi connectivity index (χ2v) is 8.47. The summed E-state index contributed by atoms with van der Waals surface area (Å²) in [5.41, 5.74) is 0.699. The van der Waals surface area contributed by atoms with Crippen LogP contribution in [-0.2, 0) is 11.3 Å². The van der Waals surface area contributed by atoms with Crippen molar-refractivity contribution in [1.29, 1.82) is 5.26 Å². The van der Waals surface area contributed by atoms with Crippen molar-refractivity contribution >= 4 is 12.1 Å². The van der Waals surface area contributed by atoms with Crippen LogP contribution < -0.4 is 0 Å². The molecule has 1 aromatic carbocycles. The molecule has 2 heterocycles. The zero-order valence-corrected chi connectivity index (χ0v) is 16.2. The first-order valence-corrected chi connectivity index (χ1v) is 10.1. The number of nitriles is 1. The maximum atomic E-state index is 13.7. The van der Waals surface area contributed by atoms with E-state index in [2.05, 4.69) is 15.4 Å². The second kappa shape index (κ2) is 7.27. The van der Waals surface area contributed by atoms with E-state index in [9.17, 15) is 13.6 Å². The molecule has 3 saturated carbocycles. The summed E-state index contributed by atoms with van der Waals surface area (Å²) in [6.07, 6.45) is 6.38. The van der Waals surface area contributed by atoms with Gasteiger partial charge in [0.25, 0.3) is 0 Å². The topological polar surface area (TPSA) is 87.2 Å². The molecule has 3 aliphatic carbocycles. The van der Waals surface area contributed by atoms with E-state index in [1.165, 1.54) is 17.1 Å². The number of fused-ring (bicyclic) bond motifs is 2. The molecule has 1 unspecified atom stereocenters. The van der Waals surface area contributed by atoms with E-state index in [4.69, 9.17) is 5.26 Å². The quantitative estimate of drug-likeness (QED) is 0.775. The van der Waals surface area contributed by atoms with Gasteiger partial charge in [0, 0.05) is 31.2 Å². The lowest BCUT2D eigenvalue weighted by Crippen LogP contribution is -2.49. The summed E-state index contributed by atoms with van der Waals surface area (Å²) in [6.45, 7) is 0.623. The maximum Gasteiger partial charge on any atom is 0.246 e. The van der Waals surface area contributed by atoms with Crippen LogP contribution in [0.3, 0.4) is 0 Å². The molecule has 3 fully saturated rings. The van der Waals surface area contributed by atoms with Gasteiger partial charge in [0.05, 0.1) is 12.2 Å². The Balaban J connectivity index is 1.32. The molecule has 4 aliphatic rings. The normalized spacial score (nSPS) is 29.5. The van der Waals surface area contributed by atoms with Gasteiger partial charge in [0.15, 0.2) is 5.69 Å². The Labute approximate surface area is 172 Å². The number of carbonyl (C=O) groups is 1. The summed E-state index contributed by atoms with van der Waals surface area (Å²) in [5, 5.41) is 22.4. The SMILES string of the molecule is N#Cc1cn(C[C@@H]2C[C@H](C(=O)N3N=CCC3c3cc(F)cc(F)c3)C3CC2C3)nn1. The number of aromatic nitrogens is 3. The minimum Gasteiger partial charge on any atom is -0.273 e. The lowest BCUT2D eigenvalue weighted by Gasteiger charge is -2.51. The third kappa shape index (κ3) is 3.26. The van der Waals surface area contributed by atoms with E-state index >= 15 is 0 Å². The third-order valence-electron chi connectivity index (χ3n) is 6.72. The fourth-order valence-electron chi connectivity index (χ4n) is 5.18. The predicted octanol–water partition coefficient (Wildman–Crippen LogP) is 3.05. The number of benzene rings is 1. The van der Waals surface area contributed by atoms with E-state index in [-0.39, 0.29) is 23.4 Å². The molecule has 0 radical (unpaired) electrons. The first-order valence-electron chi connectivity index (χ1n) is 10.1. The first-order chi connectivity index (χ1) is 14.5. The van der Waals surface area contributed by atoms with Gasteiger partial charge in [-0.05, 0) is 54.7 Å². The number of hydrogen-bond acceptors (Lipinski definition) is 5. The number of carbonyl (C=O) groups excluding carboxylic acids is 1. The Morgan fingerprint density at radius 3 is 2.63 bits per heavy atom. The Morgan fingerprint density at radius 2 is 1.93 bits per heavy atom. The van der Waals surface area contributed by atoms with Crippen LogP contribution in [0.1, 0.15) is 43.0 Å². The number of hydrogen-bond donors (Lipinski definition) is 0. The van der Waals surface area contributed by atoms with Gasteiger partial charge in [-0.3, -0.25) is 9.48 Å². The molecular weight excluding hydrogens is 390 g/mol. The molecule has 0 spiro atoms. The van der Waals surface area contributed by atoms with Crippen molar-refractivity contribution in [3.63, 3.8) is 0 Å². The van der Waals surface area contributed by atoms with Crippen molar-refractivity contribution in [2.24, 2.45) is 28.8 Å². The Bertz CT molecular complexity index is 1030. The van der Waals surface area contributed by atoms with Crippen molar-refractivity contribution in [2.75, 3.05) is 0 Å². The van der Waals surface area contributed by atoms with Gasteiger partial charge in [-0.15, -0.1) is 5.10 Å². The monoisotopic (exact) mass is 410 g/mol. The van der Waals surface area contributed by atoms with E-state index in [1.54, 1.807) is 17.1 Å². The maximum absolute atomic E-state index is 13.7. The molecule has 2 bridgehead atoms. The summed E-state index contributed by atoms with van der Waals surface area (Å²) in [5.74, 6) is -0.428. The summed E-state index contributed by atoms with van der Waals surface area (Å²) in [6, 6.07) is 4.86. The molecule has 154 valence electrons. The largest absolute Gasteiger partial charge is 0.273 e.